The largest absolute Gasteiger partial charge is 0.378 e. The number of nitrogens with zero attached hydrogens (tertiary/aromatic N) is 17. The van der Waals surface area contributed by atoms with Gasteiger partial charge in [0.05, 0.1) is 102 Å². The third-order valence-electron chi connectivity index (χ3n) is 23.6. The van der Waals surface area contributed by atoms with Gasteiger partial charge in [-0.15, -0.1) is 43.1 Å². The van der Waals surface area contributed by atoms with Gasteiger partial charge in [-0.05, 0) is 128 Å². The molecule has 2 atom stereocenters. The van der Waals surface area contributed by atoms with Gasteiger partial charge in [0.1, 0.15) is 45.1 Å². The van der Waals surface area contributed by atoms with E-state index in [1.807, 2.05) is 62.4 Å². The lowest BCUT2D eigenvalue weighted by atomic mass is 9.99. The zero-order chi connectivity index (χ0) is 101. The Morgan fingerprint density at radius 1 is 0.394 bits per heavy atom. The van der Waals surface area contributed by atoms with Crippen molar-refractivity contribution < 1.29 is 71.6 Å². The van der Waals surface area contributed by atoms with Gasteiger partial charge in [0, 0.05) is 180 Å². The van der Waals surface area contributed by atoms with Crippen LogP contribution in [-0.4, -0.2) is 268 Å². The van der Waals surface area contributed by atoms with Gasteiger partial charge < -0.3 is 105 Å². The van der Waals surface area contributed by atoms with Gasteiger partial charge in [-0.3, -0.25) is 67.1 Å². The summed E-state index contributed by atoms with van der Waals surface area (Å²) >= 11 is 16.0. The molecular formula is C96H121Cl2N27O15S2. The predicted octanol–water partition coefficient (Wildman–Crippen LogP) is 9.19. The molecule has 0 radical (unpaired) electrons. The molecule has 46 heteroatoms. The van der Waals surface area contributed by atoms with Crippen LogP contribution >= 0.6 is 45.9 Å². The Bertz CT molecular complexity index is 6170. The van der Waals surface area contributed by atoms with Crippen molar-refractivity contribution in [3.63, 3.8) is 0 Å². The minimum Gasteiger partial charge on any atom is -0.378 e. The number of benzene rings is 2. The Morgan fingerprint density at radius 3 is 1.23 bits per heavy atom. The maximum Gasteiger partial charge on any atom is 0.291 e. The fourth-order valence-electron chi connectivity index (χ4n) is 16.0. The monoisotopic (exact) mass is 2030 g/mol. The van der Waals surface area contributed by atoms with Gasteiger partial charge in [0.2, 0.25) is 41.2 Å². The SMILES string of the molecule is Cc1sc2c(c1C)C(c1ccc(Cl)cc1)=N[C@@H](CC(=O)NCCCCCN(CCCCCNC(=O)C[C@@H]1N=C(c3ccc(Cl)cc3)c3c(sc(C)c3C)-n3c(C)nnc31)CCOCCOCCOCCOCCOCCNC(=O)CCNC(=O)c1nc(NC(=O)CCNC(=O)c3cc(NC(=O)c4nc(NC(=O)CCNC(=O)c5cc(NC(=O)c6nccn6C)cn5C)cn4C)cn3C)cn1C)c1nnc(C)n1-2. The van der Waals surface area contributed by atoms with E-state index in [9.17, 15) is 47.9 Å². The van der Waals surface area contributed by atoms with Crippen molar-refractivity contribution in [3.8, 4) is 10.0 Å². The number of halogens is 2. The maximum absolute atomic E-state index is 13.8. The lowest BCUT2D eigenvalue weighted by Gasteiger charge is -2.22. The minimum absolute atomic E-state index is 0.00704. The summed E-state index contributed by atoms with van der Waals surface area (Å²) in [7, 11) is 8.05. The maximum atomic E-state index is 13.8. The number of anilines is 4. The zero-order valence-corrected chi connectivity index (χ0v) is 84.5. The van der Waals surface area contributed by atoms with Crippen LogP contribution in [0, 0.1) is 41.5 Å². The molecule has 0 fully saturated rings. The molecule has 0 unspecified atom stereocenters. The fraction of sp³-hybridized carbons (Fsp3) is 0.448. The van der Waals surface area contributed by atoms with Crippen LogP contribution in [0.1, 0.15) is 202 Å². The van der Waals surface area contributed by atoms with Gasteiger partial charge in [0.25, 0.3) is 29.5 Å². The van der Waals surface area contributed by atoms with Crippen LogP contribution in [0.25, 0.3) is 10.0 Å². The first-order chi connectivity index (χ1) is 68.4. The van der Waals surface area contributed by atoms with Gasteiger partial charge in [-0.1, -0.05) is 60.3 Å². The number of carbonyl (C=O) groups is 10. The highest BCUT2D eigenvalue weighted by Crippen LogP contribution is 2.42. The lowest BCUT2D eigenvalue weighted by Crippen LogP contribution is -2.33. The number of hydrogen-bond acceptors (Lipinski definition) is 27. The Labute approximate surface area is 839 Å². The number of ether oxygens (including phenoxy) is 5. The standard InChI is InChI=1S/C96H121Cl2N27O15S2/c1-58-60(3)141-95-81(58)83(64-18-22-66(97)23-19-64)108-70(85-116-114-62(5)124(85)95)52-79(129)99-29-14-12-16-36-123(37-17-13-15-30-100-80(130)53-71-86-117-115-63(6)125(86)96-82(59(2)61(4)142-96)84(109-71)65-20-24-67(98)25-21-65)39-41-137-43-45-139-47-49-140-48-46-138-44-42-136-40-35-101-76(126)26-31-105-92(133)88-112-74(56-121(88)10)110-77(127)27-32-104-91(132)73-51-69(55-120(73)9)107-94(135)89-113-75(57-122(89)11)111-78(128)28-33-103-90(131)72-50-68(54-119(72)8)106-93(134)87-102-34-38-118(87)7/h18-25,34,38,50-51,54-57,70-71H,12-17,26-33,35-37,39-49,52-53H2,1-11H3,(H,99,129)(H,100,130)(H,101,126)(H,103,131)(H,104,132)(H,105,133)(H,106,134)(H,107,135)(H,110,127)(H,111,128)/t70-,71-/m0/s1. The van der Waals surface area contributed by atoms with Crippen LogP contribution in [0.2, 0.25) is 10.0 Å². The minimum atomic E-state index is -0.644. The van der Waals surface area contributed by atoms with Crippen LogP contribution in [0.4, 0.5) is 23.0 Å². The number of carbonyl (C=O) groups excluding carboxylic acids is 10. The Kier molecular flexibility index (Phi) is 38.4. The molecule has 756 valence electrons. The first-order valence-electron chi connectivity index (χ1n) is 47.0. The summed E-state index contributed by atoms with van der Waals surface area (Å²) in [4.78, 5) is 159. The number of nitrogens with one attached hydrogen (secondary N) is 10. The topological polar surface area (TPSA) is 490 Å². The van der Waals surface area contributed by atoms with Crippen LogP contribution in [0.5, 0.6) is 0 Å². The van der Waals surface area contributed by atoms with Crippen molar-refractivity contribution in [3.05, 3.63) is 203 Å². The van der Waals surface area contributed by atoms with Gasteiger partial charge in [0.15, 0.2) is 29.1 Å². The van der Waals surface area contributed by atoms with Crippen molar-refractivity contribution in [2.45, 2.75) is 124 Å². The van der Waals surface area contributed by atoms with E-state index in [4.69, 9.17) is 56.9 Å². The van der Waals surface area contributed by atoms with E-state index in [-0.39, 0.29) is 129 Å². The van der Waals surface area contributed by atoms with E-state index in [1.165, 1.54) is 64.9 Å². The van der Waals surface area contributed by atoms with Crippen molar-refractivity contribution in [2.24, 2.45) is 45.2 Å². The molecule has 9 aromatic heterocycles. The summed E-state index contributed by atoms with van der Waals surface area (Å²) in [6, 6.07) is 17.1. The quantitative estimate of drug-likeness (QED) is 0.0159. The van der Waals surface area contributed by atoms with Crippen molar-refractivity contribution in [2.75, 3.05) is 146 Å². The molecule has 0 spiro atoms. The van der Waals surface area contributed by atoms with E-state index in [1.54, 1.807) is 74.9 Å². The average molecular weight is 2030 g/mol. The second-order valence-corrected chi connectivity index (χ2v) is 37.5. The number of hydrogen-bond donors (Lipinski definition) is 10. The first kappa shape index (κ1) is 106. The zero-order valence-electron chi connectivity index (χ0n) is 81.4. The van der Waals surface area contributed by atoms with Crippen molar-refractivity contribution in [1.82, 2.24) is 104 Å². The number of thiophene rings is 2. The molecule has 11 heterocycles. The Morgan fingerprint density at radius 2 is 0.796 bits per heavy atom. The van der Waals surface area contributed by atoms with Gasteiger partial charge in [-0.25, -0.2) is 15.0 Å². The summed E-state index contributed by atoms with van der Waals surface area (Å²) in [5.41, 5.74) is 8.70. The summed E-state index contributed by atoms with van der Waals surface area (Å²) in [6.07, 6.45) is 14.2. The number of aliphatic imine (C=N–C) groups is 2. The number of aromatic nitrogens is 14. The normalized spacial score (nSPS) is 13.1. The van der Waals surface area contributed by atoms with Gasteiger partial charge in [-0.2, -0.15) is 0 Å². The predicted molar refractivity (Wildman–Crippen MR) is 538 cm³/mol. The molecular weight excluding hydrogens is 1910 g/mol. The van der Waals surface area contributed by atoms with E-state index in [2.05, 4.69) is 130 Å². The number of unbranched alkanes of at least 4 members (excludes halogenated alkanes) is 4. The molecule has 11 aromatic rings. The van der Waals surface area contributed by atoms with Crippen LogP contribution in [0.3, 0.4) is 0 Å². The fourth-order valence-corrected chi connectivity index (χ4v) is 18.7. The molecule has 2 aliphatic heterocycles. The van der Waals surface area contributed by atoms with E-state index in [0.29, 0.717) is 106 Å². The molecule has 2 aromatic carbocycles. The highest BCUT2D eigenvalue weighted by atomic mass is 35.5. The number of amides is 10. The second kappa shape index (κ2) is 51.4. The molecule has 0 aliphatic carbocycles. The highest BCUT2D eigenvalue weighted by Gasteiger charge is 2.36. The molecule has 0 bridgehead atoms. The van der Waals surface area contributed by atoms with Crippen LogP contribution < -0.4 is 53.2 Å². The second-order valence-electron chi connectivity index (χ2n) is 34.2. The smallest absolute Gasteiger partial charge is 0.291 e. The molecule has 0 saturated carbocycles. The summed E-state index contributed by atoms with van der Waals surface area (Å²) in [5.74, 6) is -1.22. The molecule has 2 aliphatic rings. The molecule has 42 nitrogen and oxygen atoms in total. The number of fused-ring (bicyclic) bond motifs is 6. The summed E-state index contributed by atoms with van der Waals surface area (Å²) in [6.45, 7) is 19.4. The van der Waals surface area contributed by atoms with E-state index >= 15 is 0 Å². The number of imidazole rings is 3. The summed E-state index contributed by atoms with van der Waals surface area (Å²) < 4.78 is 40.4. The van der Waals surface area contributed by atoms with E-state index < -0.39 is 53.4 Å². The van der Waals surface area contributed by atoms with E-state index in [0.717, 1.165) is 118 Å². The Balaban J connectivity index is 0.455. The lowest BCUT2D eigenvalue weighted by molar-refractivity contribution is -0.122. The average Bonchev–Trinajstić information content (AvgIpc) is 1.59. The molecule has 10 N–H and O–H groups in total. The van der Waals surface area contributed by atoms with Gasteiger partial charge >= 0.3 is 0 Å². The molecule has 142 heavy (non-hydrogen) atoms. The third kappa shape index (κ3) is 28.8. The van der Waals surface area contributed by atoms with Crippen LogP contribution in [0.15, 0.2) is 108 Å². The number of aryl methyl sites for hydroxylation is 9. The van der Waals surface area contributed by atoms with Crippen molar-refractivity contribution in [1.29, 1.82) is 0 Å². The molecule has 0 saturated heterocycles. The molecule has 10 amide bonds. The third-order valence-corrected chi connectivity index (χ3v) is 26.5. The van der Waals surface area contributed by atoms with Crippen LogP contribution in [-0.2, 0) is 82.9 Å². The van der Waals surface area contributed by atoms with Crippen molar-refractivity contribution >= 4 is 139 Å². The highest BCUT2D eigenvalue weighted by molar-refractivity contribution is 7.15. The Hall–Kier alpha value is -13.3. The molecule has 13 rings (SSSR count). The summed E-state index contributed by atoms with van der Waals surface area (Å²) in [5, 5.41) is 49.0. The first-order valence-corrected chi connectivity index (χ1v) is 49.4. The number of rotatable bonds is 54.